The number of benzene rings is 1. The molecule has 1 atom stereocenters. The smallest absolute Gasteiger partial charge is 0.471 e. The number of nitrogens with one attached hydrogen (secondary N) is 1. The van der Waals surface area contributed by atoms with Gasteiger partial charge in [-0.25, -0.2) is 4.79 Å². The van der Waals surface area contributed by atoms with Crippen molar-refractivity contribution in [2.24, 2.45) is 0 Å². The number of carboxylic acid groups (broad SMARTS) is 1. The van der Waals surface area contributed by atoms with Gasteiger partial charge in [0.05, 0.1) is 0 Å². The van der Waals surface area contributed by atoms with Crippen molar-refractivity contribution in [2.45, 2.75) is 18.1 Å². The number of carbonyl (C=O) groups excluding carboxylic acids is 1. The normalized spacial score (nSPS) is 13.6. The van der Waals surface area contributed by atoms with Crippen molar-refractivity contribution in [3.63, 3.8) is 0 Å². The first-order chi connectivity index (χ1) is 9.85. The minimum atomic E-state index is -5.48. The molecule has 0 bridgehead atoms. The number of carbonyl (C=O) groups is 2. The van der Waals surface area contributed by atoms with Crippen molar-refractivity contribution in [1.82, 2.24) is 5.32 Å². The van der Waals surface area contributed by atoms with Crippen LogP contribution in [0.15, 0.2) is 18.2 Å². The number of hydrogen-bond acceptors (Lipinski definition) is 2. The zero-order valence-electron chi connectivity index (χ0n) is 10.2. The molecule has 1 aromatic carbocycles. The van der Waals surface area contributed by atoms with Crippen LogP contribution in [0.2, 0.25) is 10.0 Å². The molecule has 0 spiro atoms. The molecule has 4 nitrogen and oxygen atoms in total. The Hall–Kier alpha value is -1.61. The summed E-state index contributed by atoms with van der Waals surface area (Å²) in [5.74, 6) is -10.2. The Morgan fingerprint density at radius 3 is 1.86 bits per heavy atom. The first-order valence-electron chi connectivity index (χ1n) is 5.30. The van der Waals surface area contributed by atoms with E-state index >= 15 is 0 Å². The van der Waals surface area contributed by atoms with Gasteiger partial charge in [-0.3, -0.25) is 4.79 Å². The van der Waals surface area contributed by atoms with Crippen LogP contribution in [0.25, 0.3) is 0 Å². The van der Waals surface area contributed by atoms with Gasteiger partial charge >= 0.3 is 24.0 Å². The van der Waals surface area contributed by atoms with Gasteiger partial charge < -0.3 is 10.4 Å². The Kier molecular flexibility index (Phi) is 5.24. The van der Waals surface area contributed by atoms with Crippen molar-refractivity contribution in [1.29, 1.82) is 0 Å². The van der Waals surface area contributed by atoms with Gasteiger partial charge in [0.2, 0.25) is 0 Å². The molecule has 0 aliphatic rings. The second-order valence-corrected chi connectivity index (χ2v) is 4.91. The average Bonchev–Trinajstić information content (AvgIpc) is 2.32. The summed E-state index contributed by atoms with van der Waals surface area (Å²) >= 11 is 11.1. The maximum atomic E-state index is 13.6. The van der Waals surface area contributed by atoms with Gasteiger partial charge in [-0.2, -0.15) is 22.0 Å². The van der Waals surface area contributed by atoms with E-state index in [1.807, 2.05) is 0 Å². The minimum absolute atomic E-state index is 0.227. The average molecular weight is 366 g/mol. The number of hydrogen-bond donors (Lipinski definition) is 2. The van der Waals surface area contributed by atoms with Crippen molar-refractivity contribution in [3.05, 3.63) is 33.8 Å². The van der Waals surface area contributed by atoms with Crippen LogP contribution < -0.4 is 5.32 Å². The topological polar surface area (TPSA) is 66.4 Å². The van der Waals surface area contributed by atoms with Gasteiger partial charge in [-0.1, -0.05) is 23.2 Å². The molecule has 0 fully saturated rings. The Bertz CT molecular complexity index is 586. The SMILES string of the molecule is O=C(NC(c1cc(Cl)cc(Cl)c1)C(F)(F)C(=O)O)C(F)(F)F. The fourth-order valence-corrected chi connectivity index (χ4v) is 2.00. The quantitative estimate of drug-likeness (QED) is 0.803. The monoisotopic (exact) mass is 365 g/mol. The maximum absolute atomic E-state index is 13.6. The van der Waals surface area contributed by atoms with Crippen LogP contribution in [0.1, 0.15) is 11.6 Å². The number of amides is 1. The minimum Gasteiger partial charge on any atom is -0.477 e. The molecule has 0 aliphatic heterocycles. The molecule has 1 unspecified atom stereocenters. The Morgan fingerprint density at radius 2 is 1.50 bits per heavy atom. The third-order valence-corrected chi connectivity index (χ3v) is 2.84. The van der Waals surface area contributed by atoms with E-state index in [-0.39, 0.29) is 10.0 Å². The zero-order valence-corrected chi connectivity index (χ0v) is 11.7. The van der Waals surface area contributed by atoms with E-state index in [1.54, 1.807) is 0 Å². The van der Waals surface area contributed by atoms with Crippen molar-refractivity contribution < 1.29 is 36.6 Å². The van der Waals surface area contributed by atoms with Crippen LogP contribution in [0, 0.1) is 0 Å². The van der Waals surface area contributed by atoms with Crippen LogP contribution in [0.4, 0.5) is 22.0 Å². The summed E-state index contributed by atoms with van der Waals surface area (Å²) in [6.07, 6.45) is -5.48. The van der Waals surface area contributed by atoms with Gasteiger partial charge in [0.15, 0.2) is 0 Å². The highest BCUT2D eigenvalue weighted by Crippen LogP contribution is 2.35. The molecule has 1 aromatic rings. The molecule has 1 rings (SSSR count). The highest BCUT2D eigenvalue weighted by atomic mass is 35.5. The molecule has 0 aromatic heterocycles. The Balaban J connectivity index is 3.34. The summed E-state index contributed by atoms with van der Waals surface area (Å²) in [4.78, 5) is 21.4. The van der Waals surface area contributed by atoms with Gasteiger partial charge in [0, 0.05) is 10.0 Å². The van der Waals surface area contributed by atoms with Crippen LogP contribution in [0.3, 0.4) is 0 Å². The molecule has 1 amide bonds. The van der Waals surface area contributed by atoms with Gasteiger partial charge in [-0.05, 0) is 23.8 Å². The van der Waals surface area contributed by atoms with Crippen LogP contribution in [0.5, 0.6) is 0 Å². The predicted octanol–water partition coefficient (Wildman–Crippen LogP) is 3.43. The summed E-state index contributed by atoms with van der Waals surface area (Å²) < 4.78 is 63.9. The van der Waals surface area contributed by atoms with E-state index in [4.69, 9.17) is 28.3 Å². The first-order valence-corrected chi connectivity index (χ1v) is 6.06. The second kappa shape index (κ2) is 6.25. The third kappa shape index (κ3) is 4.20. The summed E-state index contributed by atoms with van der Waals surface area (Å²) in [6, 6.07) is -0.180. The van der Waals surface area contributed by atoms with E-state index in [0.717, 1.165) is 23.5 Å². The van der Waals surface area contributed by atoms with Gasteiger partial charge in [-0.15, -0.1) is 0 Å². The summed E-state index contributed by atoms with van der Waals surface area (Å²) in [5, 5.41) is 8.96. The molecule has 122 valence electrons. The molecular formula is C11H6Cl2F5NO3. The molecular weight excluding hydrogens is 360 g/mol. The van der Waals surface area contributed by atoms with Gasteiger partial charge in [0.1, 0.15) is 6.04 Å². The Labute approximate surface area is 129 Å². The number of aliphatic carboxylic acids is 1. The lowest BCUT2D eigenvalue weighted by atomic mass is 10.00. The number of carboxylic acids is 1. The largest absolute Gasteiger partial charge is 0.477 e. The van der Waals surface area contributed by atoms with Crippen LogP contribution in [-0.2, 0) is 9.59 Å². The number of alkyl halides is 5. The van der Waals surface area contributed by atoms with E-state index in [9.17, 15) is 31.5 Å². The van der Waals surface area contributed by atoms with E-state index in [0.29, 0.717) is 0 Å². The van der Waals surface area contributed by atoms with Gasteiger partial charge in [0.25, 0.3) is 0 Å². The number of rotatable bonds is 4. The molecule has 0 aliphatic carbocycles. The maximum Gasteiger partial charge on any atom is 0.471 e. The molecule has 0 radical (unpaired) electrons. The lowest BCUT2D eigenvalue weighted by molar-refractivity contribution is -0.182. The van der Waals surface area contributed by atoms with Crippen LogP contribution >= 0.6 is 23.2 Å². The van der Waals surface area contributed by atoms with E-state index in [1.165, 1.54) is 0 Å². The zero-order chi connectivity index (χ0) is 17.3. The second-order valence-electron chi connectivity index (χ2n) is 4.04. The molecule has 2 N–H and O–H groups in total. The molecule has 0 saturated heterocycles. The van der Waals surface area contributed by atoms with Crippen molar-refractivity contribution in [2.75, 3.05) is 0 Å². The molecule has 0 saturated carbocycles. The lowest BCUT2D eigenvalue weighted by Gasteiger charge is -2.25. The molecule has 0 heterocycles. The highest BCUT2D eigenvalue weighted by molar-refractivity contribution is 6.34. The Morgan fingerprint density at radius 1 is 1.05 bits per heavy atom. The fraction of sp³-hybridized carbons (Fsp3) is 0.273. The number of halogens is 7. The fourth-order valence-electron chi connectivity index (χ4n) is 1.46. The van der Waals surface area contributed by atoms with Crippen LogP contribution in [-0.4, -0.2) is 29.1 Å². The molecule has 22 heavy (non-hydrogen) atoms. The molecule has 11 heteroatoms. The predicted molar refractivity (Wildman–Crippen MR) is 66.0 cm³/mol. The van der Waals surface area contributed by atoms with E-state index < -0.39 is 35.6 Å². The van der Waals surface area contributed by atoms with E-state index in [2.05, 4.69) is 0 Å². The highest BCUT2D eigenvalue weighted by Gasteiger charge is 2.52. The summed E-state index contributed by atoms with van der Waals surface area (Å²) in [7, 11) is 0. The van der Waals surface area contributed by atoms with Crippen molar-refractivity contribution in [3.8, 4) is 0 Å². The summed E-state index contributed by atoms with van der Waals surface area (Å²) in [6.45, 7) is 0. The first kappa shape index (κ1) is 18.4. The standard InChI is InChI=1S/C11H6Cl2F5NO3/c12-5-1-4(2-6(13)3-5)7(10(14,15)9(21)22)19-8(20)11(16,17)18/h1-3,7H,(H,19,20)(H,21,22). The summed E-state index contributed by atoms with van der Waals surface area (Å²) in [5.41, 5.74) is -0.692. The lowest BCUT2D eigenvalue weighted by Crippen LogP contribution is -2.49. The van der Waals surface area contributed by atoms with Crippen molar-refractivity contribution >= 4 is 35.1 Å². The third-order valence-electron chi connectivity index (χ3n) is 2.40.